The molecule has 0 N–H and O–H groups in total. The van der Waals surface area contributed by atoms with E-state index in [9.17, 15) is 10.5 Å². The predicted molar refractivity (Wildman–Crippen MR) is 176 cm³/mol. The van der Waals surface area contributed by atoms with Crippen molar-refractivity contribution in [2.24, 2.45) is 0 Å². The first-order valence-electron chi connectivity index (χ1n) is 14.3. The normalized spacial score (nSPS) is 10.7. The van der Waals surface area contributed by atoms with E-state index in [0.717, 1.165) is 61.1 Å². The minimum atomic E-state index is 0.456. The van der Waals surface area contributed by atoms with Gasteiger partial charge in [0.15, 0.2) is 5.82 Å². The van der Waals surface area contributed by atoms with Crippen LogP contribution in [0.25, 0.3) is 66.9 Å². The molecule has 44 heavy (non-hydrogen) atoms. The number of rotatable bonds is 5. The Morgan fingerprint density at radius 2 is 0.977 bits per heavy atom. The highest BCUT2D eigenvalue weighted by Gasteiger charge is 2.15. The van der Waals surface area contributed by atoms with Crippen LogP contribution in [0.3, 0.4) is 0 Å². The number of benzene rings is 6. The largest absolute Gasteiger partial charge is 0.228 e. The SMILES string of the molecule is N#Cc1cc(C#N)cc(-c2c(-c3ccc(-c4nc(-c5ccccc5)cc(-c5ccccc5)n4)cc3)ccc3ccccc23)c1. The summed E-state index contributed by atoms with van der Waals surface area (Å²) in [6, 6.07) is 52.8. The summed E-state index contributed by atoms with van der Waals surface area (Å²) < 4.78 is 0. The molecule has 7 rings (SSSR count). The van der Waals surface area contributed by atoms with Crippen molar-refractivity contribution in [3.05, 3.63) is 157 Å². The summed E-state index contributed by atoms with van der Waals surface area (Å²) in [4.78, 5) is 9.95. The number of fused-ring (bicyclic) bond motifs is 1. The highest BCUT2D eigenvalue weighted by molar-refractivity contribution is 6.04. The smallest absolute Gasteiger partial charge is 0.160 e. The second-order valence-electron chi connectivity index (χ2n) is 10.5. The molecule has 0 atom stereocenters. The lowest BCUT2D eigenvalue weighted by molar-refractivity contribution is 1.18. The van der Waals surface area contributed by atoms with E-state index in [0.29, 0.717) is 17.0 Å². The molecule has 1 aromatic heterocycles. The Morgan fingerprint density at radius 3 is 1.57 bits per heavy atom. The van der Waals surface area contributed by atoms with Gasteiger partial charge in [-0.15, -0.1) is 0 Å². The highest BCUT2D eigenvalue weighted by atomic mass is 14.9. The molecule has 0 amide bonds. The van der Waals surface area contributed by atoms with Crippen molar-refractivity contribution in [2.75, 3.05) is 0 Å². The van der Waals surface area contributed by atoms with Gasteiger partial charge in [0, 0.05) is 16.7 Å². The Morgan fingerprint density at radius 1 is 0.432 bits per heavy atom. The maximum absolute atomic E-state index is 9.68. The van der Waals surface area contributed by atoms with Crippen LogP contribution in [0.2, 0.25) is 0 Å². The van der Waals surface area contributed by atoms with Gasteiger partial charge in [0.05, 0.1) is 34.7 Å². The van der Waals surface area contributed by atoms with Crippen LogP contribution >= 0.6 is 0 Å². The maximum atomic E-state index is 9.68. The van der Waals surface area contributed by atoms with Crippen LogP contribution in [0, 0.1) is 22.7 Å². The Labute approximate surface area is 255 Å². The minimum absolute atomic E-state index is 0.456. The van der Waals surface area contributed by atoms with E-state index < -0.39 is 0 Å². The third-order valence-electron chi connectivity index (χ3n) is 7.73. The summed E-state index contributed by atoms with van der Waals surface area (Å²) in [5.41, 5.74) is 9.45. The van der Waals surface area contributed by atoms with Crippen LogP contribution in [0.5, 0.6) is 0 Å². The number of nitrogens with zero attached hydrogens (tertiary/aromatic N) is 4. The van der Waals surface area contributed by atoms with Crippen LogP contribution < -0.4 is 0 Å². The van der Waals surface area contributed by atoms with Crippen molar-refractivity contribution in [3.63, 3.8) is 0 Å². The van der Waals surface area contributed by atoms with Crippen LogP contribution in [0.1, 0.15) is 11.1 Å². The van der Waals surface area contributed by atoms with E-state index >= 15 is 0 Å². The third kappa shape index (κ3) is 5.09. The first kappa shape index (κ1) is 26.5. The highest BCUT2D eigenvalue weighted by Crippen LogP contribution is 2.39. The lowest BCUT2D eigenvalue weighted by Gasteiger charge is -2.15. The second-order valence-corrected chi connectivity index (χ2v) is 10.5. The lowest BCUT2D eigenvalue weighted by atomic mass is 9.88. The third-order valence-corrected chi connectivity index (χ3v) is 7.73. The average Bonchev–Trinajstić information content (AvgIpc) is 3.11. The van der Waals surface area contributed by atoms with Crippen molar-refractivity contribution in [1.82, 2.24) is 9.97 Å². The fourth-order valence-electron chi connectivity index (χ4n) is 5.61. The van der Waals surface area contributed by atoms with Gasteiger partial charge in [0.2, 0.25) is 0 Å². The molecular formula is C40H24N4. The molecule has 204 valence electrons. The molecule has 0 radical (unpaired) electrons. The zero-order valence-electron chi connectivity index (χ0n) is 23.6. The molecule has 7 aromatic rings. The van der Waals surface area contributed by atoms with Gasteiger partial charge in [0.1, 0.15) is 0 Å². The summed E-state index contributed by atoms with van der Waals surface area (Å²) in [6.07, 6.45) is 0. The lowest BCUT2D eigenvalue weighted by Crippen LogP contribution is -1.96. The fourth-order valence-corrected chi connectivity index (χ4v) is 5.61. The van der Waals surface area contributed by atoms with Crippen molar-refractivity contribution >= 4 is 10.8 Å². The van der Waals surface area contributed by atoms with Crippen LogP contribution in [-0.4, -0.2) is 9.97 Å². The van der Waals surface area contributed by atoms with Gasteiger partial charge in [-0.3, -0.25) is 0 Å². The number of hydrogen-bond acceptors (Lipinski definition) is 4. The summed E-state index contributed by atoms with van der Waals surface area (Å²) in [5, 5.41) is 21.5. The van der Waals surface area contributed by atoms with Gasteiger partial charge in [-0.2, -0.15) is 10.5 Å². The van der Waals surface area contributed by atoms with Gasteiger partial charge in [0.25, 0.3) is 0 Å². The van der Waals surface area contributed by atoms with E-state index in [1.807, 2.05) is 66.7 Å². The number of nitriles is 2. The molecule has 0 saturated carbocycles. The molecule has 0 aliphatic heterocycles. The van der Waals surface area contributed by atoms with Gasteiger partial charge >= 0.3 is 0 Å². The molecule has 1 heterocycles. The fraction of sp³-hybridized carbons (Fsp3) is 0. The molecular weight excluding hydrogens is 536 g/mol. The molecule has 6 aromatic carbocycles. The Balaban J connectivity index is 1.37. The van der Waals surface area contributed by atoms with E-state index in [-0.39, 0.29) is 0 Å². The number of hydrogen-bond donors (Lipinski definition) is 0. The Hall–Kier alpha value is -6.36. The summed E-state index contributed by atoms with van der Waals surface area (Å²) in [7, 11) is 0. The van der Waals surface area contributed by atoms with Crippen molar-refractivity contribution in [3.8, 4) is 68.3 Å². The quantitative estimate of drug-likeness (QED) is 0.210. The topological polar surface area (TPSA) is 73.4 Å². The second kappa shape index (κ2) is 11.5. The first-order valence-corrected chi connectivity index (χ1v) is 14.3. The van der Waals surface area contributed by atoms with Gasteiger partial charge < -0.3 is 0 Å². The Bertz CT molecular complexity index is 2130. The summed E-state index contributed by atoms with van der Waals surface area (Å²) >= 11 is 0. The van der Waals surface area contributed by atoms with Crippen molar-refractivity contribution in [2.45, 2.75) is 0 Å². The standard InChI is InChI=1S/C40H24N4/c41-25-27-21-28(26-42)23-34(22-27)39-35-14-8-7-9-29(35)19-20-36(39)30-15-17-33(18-16-30)40-43-37(31-10-3-1-4-11-31)24-38(44-40)32-12-5-2-6-13-32/h1-24H. The van der Waals surface area contributed by atoms with Crippen LogP contribution in [0.15, 0.2) is 146 Å². The minimum Gasteiger partial charge on any atom is -0.228 e. The molecule has 4 nitrogen and oxygen atoms in total. The van der Waals surface area contributed by atoms with E-state index in [1.165, 1.54) is 0 Å². The monoisotopic (exact) mass is 560 g/mol. The van der Waals surface area contributed by atoms with E-state index in [4.69, 9.17) is 9.97 Å². The molecule has 4 heteroatoms. The Kier molecular flexibility index (Phi) is 6.93. The maximum Gasteiger partial charge on any atom is 0.160 e. The van der Waals surface area contributed by atoms with Gasteiger partial charge in [-0.05, 0) is 57.3 Å². The van der Waals surface area contributed by atoms with Crippen molar-refractivity contribution < 1.29 is 0 Å². The predicted octanol–water partition coefficient (Wildman–Crippen LogP) is 9.71. The molecule has 0 bridgehead atoms. The zero-order chi connectivity index (χ0) is 29.9. The molecule has 0 spiro atoms. The molecule has 0 unspecified atom stereocenters. The molecule has 0 aliphatic rings. The van der Waals surface area contributed by atoms with Gasteiger partial charge in [-0.25, -0.2) is 9.97 Å². The first-order chi connectivity index (χ1) is 21.7. The van der Waals surface area contributed by atoms with Crippen LogP contribution in [-0.2, 0) is 0 Å². The summed E-state index contributed by atoms with van der Waals surface area (Å²) in [5.74, 6) is 0.649. The van der Waals surface area contributed by atoms with Gasteiger partial charge in [-0.1, -0.05) is 121 Å². The van der Waals surface area contributed by atoms with Crippen LogP contribution in [0.4, 0.5) is 0 Å². The summed E-state index contributed by atoms with van der Waals surface area (Å²) in [6.45, 7) is 0. The molecule has 0 aliphatic carbocycles. The van der Waals surface area contributed by atoms with Crippen molar-refractivity contribution in [1.29, 1.82) is 10.5 Å². The zero-order valence-corrected chi connectivity index (χ0v) is 23.6. The number of aromatic nitrogens is 2. The van der Waals surface area contributed by atoms with E-state index in [2.05, 4.69) is 84.9 Å². The molecule has 0 saturated heterocycles. The van der Waals surface area contributed by atoms with E-state index in [1.54, 1.807) is 6.07 Å². The molecule has 0 fully saturated rings. The average molecular weight is 561 g/mol.